The first kappa shape index (κ1) is 18.1. The number of nitriles is 1. The molecule has 1 rings (SSSR count). The van der Waals surface area contributed by atoms with Crippen molar-refractivity contribution >= 4 is 10.1 Å². The van der Waals surface area contributed by atoms with Crippen LogP contribution in [0, 0.1) is 11.3 Å². The minimum absolute atomic E-state index is 0.0114. The number of ether oxygens (including phenoxy) is 1. The third kappa shape index (κ3) is 4.51. The van der Waals surface area contributed by atoms with Crippen molar-refractivity contribution in [2.24, 2.45) is 0 Å². The molecule has 0 saturated carbocycles. The lowest BCUT2D eigenvalue weighted by molar-refractivity contribution is -0.0500. The lowest BCUT2D eigenvalue weighted by Gasteiger charge is -2.17. The smallest absolute Gasteiger partial charge is 0.497 e. The molecule has 6 nitrogen and oxygen atoms in total. The molecule has 0 N–H and O–H groups in total. The minimum atomic E-state index is -5.79. The van der Waals surface area contributed by atoms with Gasteiger partial charge in [0.25, 0.3) is 0 Å². The fraction of sp³-hybridized carbons (Fsp3) is 0.417. The molecule has 0 saturated heterocycles. The van der Waals surface area contributed by atoms with Gasteiger partial charge in [-0.3, -0.25) is 4.90 Å². The van der Waals surface area contributed by atoms with Crippen molar-refractivity contribution in [2.75, 3.05) is 20.7 Å². The van der Waals surface area contributed by atoms with Gasteiger partial charge in [0.1, 0.15) is 5.75 Å². The van der Waals surface area contributed by atoms with E-state index in [9.17, 15) is 21.6 Å². The second kappa shape index (κ2) is 6.85. The van der Waals surface area contributed by atoms with Gasteiger partial charge in [-0.25, -0.2) is 0 Å². The molecule has 0 aromatic heterocycles. The number of benzene rings is 1. The Labute approximate surface area is 125 Å². The number of methoxy groups -OCH3 is 1. The quantitative estimate of drug-likeness (QED) is 0.448. The van der Waals surface area contributed by atoms with Gasteiger partial charge in [0.2, 0.25) is 0 Å². The van der Waals surface area contributed by atoms with E-state index in [4.69, 9.17) is 10.00 Å². The summed E-state index contributed by atoms with van der Waals surface area (Å²) in [5, 5.41) is 8.57. The Morgan fingerprint density at radius 1 is 1.36 bits per heavy atom. The maximum atomic E-state index is 12.4. The predicted octanol–water partition coefficient (Wildman–Crippen LogP) is 1.88. The van der Waals surface area contributed by atoms with Crippen LogP contribution in [0.5, 0.6) is 11.5 Å². The van der Waals surface area contributed by atoms with Crippen LogP contribution < -0.4 is 8.92 Å². The van der Waals surface area contributed by atoms with Gasteiger partial charge in [-0.1, -0.05) is 6.07 Å². The van der Waals surface area contributed by atoms with Crippen molar-refractivity contribution in [1.29, 1.82) is 5.26 Å². The van der Waals surface area contributed by atoms with E-state index in [-0.39, 0.29) is 24.4 Å². The number of halogens is 3. The summed E-state index contributed by atoms with van der Waals surface area (Å²) in [6.07, 6.45) is 0. The van der Waals surface area contributed by atoms with Gasteiger partial charge in [-0.2, -0.15) is 26.9 Å². The summed E-state index contributed by atoms with van der Waals surface area (Å²) in [4.78, 5) is 1.48. The zero-order valence-corrected chi connectivity index (χ0v) is 12.5. The van der Waals surface area contributed by atoms with Crippen LogP contribution in [0.1, 0.15) is 5.56 Å². The third-order valence-corrected chi connectivity index (χ3v) is 3.50. The van der Waals surface area contributed by atoms with E-state index >= 15 is 0 Å². The van der Waals surface area contributed by atoms with Crippen LogP contribution in [-0.2, 0) is 16.7 Å². The summed E-state index contributed by atoms with van der Waals surface area (Å²) in [6.45, 7) is 0.0394. The van der Waals surface area contributed by atoms with Gasteiger partial charge >= 0.3 is 15.6 Å². The number of hydrogen-bond donors (Lipinski definition) is 0. The maximum Gasteiger partial charge on any atom is 0.534 e. The molecule has 0 aliphatic rings. The van der Waals surface area contributed by atoms with Crippen LogP contribution in [-0.4, -0.2) is 39.5 Å². The normalized spacial score (nSPS) is 12.0. The zero-order valence-electron chi connectivity index (χ0n) is 11.7. The molecule has 0 atom stereocenters. The van der Waals surface area contributed by atoms with Gasteiger partial charge in [0.15, 0.2) is 5.75 Å². The maximum absolute atomic E-state index is 12.4. The molecule has 0 spiro atoms. The van der Waals surface area contributed by atoms with Crippen molar-refractivity contribution in [3.63, 3.8) is 0 Å². The van der Waals surface area contributed by atoms with Crippen molar-refractivity contribution < 1.29 is 30.5 Å². The first-order valence-electron chi connectivity index (χ1n) is 5.84. The summed E-state index contributed by atoms with van der Waals surface area (Å²) >= 11 is 0. The Bertz CT molecular complexity index is 668. The Balaban J connectivity index is 3.18. The summed E-state index contributed by atoms with van der Waals surface area (Å²) in [7, 11) is -2.96. The predicted molar refractivity (Wildman–Crippen MR) is 70.5 cm³/mol. The molecular weight excluding hydrogens is 325 g/mol. The fourth-order valence-electron chi connectivity index (χ4n) is 1.50. The Morgan fingerprint density at radius 3 is 2.50 bits per heavy atom. The first-order valence-corrected chi connectivity index (χ1v) is 7.24. The summed E-state index contributed by atoms with van der Waals surface area (Å²) in [6, 6.07) is 5.72. The van der Waals surface area contributed by atoms with Crippen LogP contribution in [0.3, 0.4) is 0 Å². The molecule has 22 heavy (non-hydrogen) atoms. The monoisotopic (exact) mass is 338 g/mol. The SMILES string of the molecule is COc1ccc(CN(C)CC#N)c(OS(=O)(=O)C(F)(F)F)c1. The van der Waals surface area contributed by atoms with Crippen molar-refractivity contribution in [1.82, 2.24) is 4.90 Å². The van der Waals surface area contributed by atoms with Crippen LogP contribution in [0.15, 0.2) is 18.2 Å². The number of nitrogens with zero attached hydrogens (tertiary/aromatic N) is 2. The highest BCUT2D eigenvalue weighted by Gasteiger charge is 2.48. The molecule has 10 heteroatoms. The second-order valence-electron chi connectivity index (χ2n) is 4.29. The van der Waals surface area contributed by atoms with E-state index in [2.05, 4.69) is 4.18 Å². The van der Waals surface area contributed by atoms with Crippen molar-refractivity contribution in [3.8, 4) is 17.6 Å². The Kier molecular flexibility index (Phi) is 5.62. The molecule has 0 aliphatic heterocycles. The summed E-state index contributed by atoms with van der Waals surface area (Å²) in [5.41, 5.74) is -5.36. The lowest BCUT2D eigenvalue weighted by atomic mass is 10.2. The molecule has 1 aromatic carbocycles. The standard InChI is InChI=1S/C12H13F3N2O4S/c1-17(6-5-16)8-9-3-4-10(20-2)7-11(9)21-22(18,19)12(13,14)15/h3-4,7H,6,8H2,1-2H3. The molecule has 1 aromatic rings. The second-order valence-corrected chi connectivity index (χ2v) is 5.83. The van der Waals surface area contributed by atoms with Gasteiger partial charge < -0.3 is 8.92 Å². The largest absolute Gasteiger partial charge is 0.534 e. The highest BCUT2D eigenvalue weighted by Crippen LogP contribution is 2.31. The molecule has 0 radical (unpaired) electrons. The molecule has 0 amide bonds. The van der Waals surface area contributed by atoms with Crippen molar-refractivity contribution in [2.45, 2.75) is 12.1 Å². The van der Waals surface area contributed by atoms with E-state index in [1.807, 2.05) is 6.07 Å². The molecule has 0 fully saturated rings. The first-order chi connectivity index (χ1) is 10.1. The average Bonchev–Trinajstić information content (AvgIpc) is 2.39. The van der Waals surface area contributed by atoms with Gasteiger partial charge in [0, 0.05) is 18.2 Å². The van der Waals surface area contributed by atoms with E-state index < -0.39 is 21.4 Å². The van der Waals surface area contributed by atoms with E-state index in [0.29, 0.717) is 0 Å². The fourth-order valence-corrected chi connectivity index (χ4v) is 1.99. The van der Waals surface area contributed by atoms with Crippen molar-refractivity contribution in [3.05, 3.63) is 23.8 Å². The van der Waals surface area contributed by atoms with E-state index in [1.54, 1.807) is 7.05 Å². The van der Waals surface area contributed by atoms with Gasteiger partial charge in [-0.15, -0.1) is 0 Å². The molecule has 0 unspecified atom stereocenters. The summed E-state index contributed by atoms with van der Waals surface area (Å²) in [5.74, 6) is -0.361. The van der Waals surface area contributed by atoms with Crippen LogP contribution >= 0.6 is 0 Å². The highest BCUT2D eigenvalue weighted by atomic mass is 32.2. The Morgan fingerprint density at radius 2 is 2.00 bits per heavy atom. The average molecular weight is 338 g/mol. The highest BCUT2D eigenvalue weighted by molar-refractivity contribution is 7.88. The molecule has 0 bridgehead atoms. The minimum Gasteiger partial charge on any atom is -0.497 e. The molecule has 0 aliphatic carbocycles. The topological polar surface area (TPSA) is 79.6 Å². The molecule has 122 valence electrons. The zero-order chi connectivity index (χ0) is 17.0. The number of alkyl halides is 3. The van der Waals surface area contributed by atoms with Gasteiger partial charge in [0.05, 0.1) is 19.7 Å². The number of hydrogen-bond acceptors (Lipinski definition) is 6. The van der Waals surface area contributed by atoms with Crippen LogP contribution in [0.4, 0.5) is 13.2 Å². The Hall–Kier alpha value is -1.99. The summed E-state index contributed by atoms with van der Waals surface area (Å²) < 4.78 is 68.5. The molecule has 0 heterocycles. The number of rotatable bonds is 6. The third-order valence-electron chi connectivity index (χ3n) is 2.54. The van der Waals surface area contributed by atoms with Gasteiger partial charge in [-0.05, 0) is 13.1 Å². The van der Waals surface area contributed by atoms with E-state index in [1.165, 1.54) is 24.1 Å². The van der Waals surface area contributed by atoms with E-state index in [0.717, 1.165) is 6.07 Å². The molecular formula is C12H13F3N2O4S. The van der Waals surface area contributed by atoms with Crippen LogP contribution in [0.25, 0.3) is 0 Å². The van der Waals surface area contributed by atoms with Crippen LogP contribution in [0.2, 0.25) is 0 Å². The lowest BCUT2D eigenvalue weighted by Crippen LogP contribution is -2.28.